The molecule has 0 bridgehead atoms. The van der Waals surface area contributed by atoms with Gasteiger partial charge in [0.15, 0.2) is 0 Å². The molecule has 0 spiro atoms. The first-order valence-electron chi connectivity index (χ1n) is 6.80. The molecule has 0 heterocycles. The van der Waals surface area contributed by atoms with Gasteiger partial charge in [-0.3, -0.25) is 4.79 Å². The van der Waals surface area contributed by atoms with Crippen LogP contribution in [0.5, 0.6) is 0 Å². The van der Waals surface area contributed by atoms with Gasteiger partial charge in [0.2, 0.25) is 5.91 Å². The number of nitrogens with one attached hydrogen (secondary N) is 1. The van der Waals surface area contributed by atoms with Crippen molar-refractivity contribution in [3.05, 3.63) is 0 Å². The van der Waals surface area contributed by atoms with Crippen LogP contribution in [0.4, 0.5) is 0 Å². The second-order valence-electron chi connectivity index (χ2n) is 5.43. The van der Waals surface area contributed by atoms with Gasteiger partial charge in [0, 0.05) is 18.5 Å². The van der Waals surface area contributed by atoms with E-state index in [-0.39, 0.29) is 30.3 Å². The molecular formula is C13H25ClN2O. The first-order valence-corrected chi connectivity index (χ1v) is 6.80. The molecule has 100 valence electrons. The standard InChI is InChI=1S/C13H24N2O.ClH/c14-12(10-7-8-10)9-15-13(16)11-5-3-1-2-4-6-11;/h10-12H,1-9,14H2,(H,15,16);1H. The Morgan fingerprint density at radius 2 is 1.71 bits per heavy atom. The third-order valence-corrected chi connectivity index (χ3v) is 3.97. The van der Waals surface area contributed by atoms with Gasteiger partial charge < -0.3 is 11.1 Å². The van der Waals surface area contributed by atoms with Crippen LogP contribution in [0.3, 0.4) is 0 Å². The summed E-state index contributed by atoms with van der Waals surface area (Å²) in [5.41, 5.74) is 5.97. The Labute approximate surface area is 110 Å². The molecule has 2 fully saturated rings. The van der Waals surface area contributed by atoms with Crippen molar-refractivity contribution >= 4 is 18.3 Å². The average Bonchev–Trinajstić information content (AvgIpc) is 3.09. The van der Waals surface area contributed by atoms with Crippen molar-refractivity contribution in [1.82, 2.24) is 5.32 Å². The van der Waals surface area contributed by atoms with Crippen molar-refractivity contribution in [3.63, 3.8) is 0 Å². The van der Waals surface area contributed by atoms with Crippen LogP contribution in [0.2, 0.25) is 0 Å². The Kier molecular flexibility index (Phi) is 6.28. The van der Waals surface area contributed by atoms with E-state index < -0.39 is 0 Å². The van der Waals surface area contributed by atoms with Gasteiger partial charge in [0.1, 0.15) is 0 Å². The molecule has 0 aromatic rings. The van der Waals surface area contributed by atoms with Crippen molar-refractivity contribution in [2.24, 2.45) is 17.6 Å². The molecule has 2 rings (SSSR count). The van der Waals surface area contributed by atoms with E-state index in [1.807, 2.05) is 0 Å². The van der Waals surface area contributed by atoms with Gasteiger partial charge in [0.25, 0.3) is 0 Å². The van der Waals surface area contributed by atoms with Crippen LogP contribution < -0.4 is 11.1 Å². The van der Waals surface area contributed by atoms with Crippen molar-refractivity contribution in [1.29, 1.82) is 0 Å². The maximum atomic E-state index is 11.9. The minimum absolute atomic E-state index is 0. The Hall–Kier alpha value is -0.280. The first kappa shape index (κ1) is 14.8. The fourth-order valence-electron chi connectivity index (χ4n) is 2.60. The molecule has 1 amide bonds. The van der Waals surface area contributed by atoms with Crippen molar-refractivity contribution in [3.8, 4) is 0 Å². The van der Waals surface area contributed by atoms with E-state index >= 15 is 0 Å². The van der Waals surface area contributed by atoms with Gasteiger partial charge in [-0.1, -0.05) is 25.7 Å². The van der Waals surface area contributed by atoms with Crippen LogP contribution in [-0.4, -0.2) is 18.5 Å². The predicted molar refractivity (Wildman–Crippen MR) is 72.1 cm³/mol. The highest BCUT2D eigenvalue weighted by Gasteiger charge is 2.29. The molecule has 0 aromatic heterocycles. The summed E-state index contributed by atoms with van der Waals surface area (Å²) in [5.74, 6) is 1.18. The second-order valence-corrected chi connectivity index (χ2v) is 5.43. The highest BCUT2D eigenvalue weighted by atomic mass is 35.5. The smallest absolute Gasteiger partial charge is 0.223 e. The third kappa shape index (κ3) is 4.84. The summed E-state index contributed by atoms with van der Waals surface area (Å²) < 4.78 is 0. The lowest BCUT2D eigenvalue weighted by Crippen LogP contribution is -2.41. The molecule has 0 aliphatic heterocycles. The summed E-state index contributed by atoms with van der Waals surface area (Å²) >= 11 is 0. The molecule has 0 radical (unpaired) electrons. The Bertz CT molecular complexity index is 236. The lowest BCUT2D eigenvalue weighted by Gasteiger charge is -2.16. The lowest BCUT2D eigenvalue weighted by molar-refractivity contribution is -0.125. The molecular weight excluding hydrogens is 236 g/mol. The number of rotatable bonds is 4. The van der Waals surface area contributed by atoms with E-state index in [9.17, 15) is 4.79 Å². The Balaban J connectivity index is 0.00000144. The van der Waals surface area contributed by atoms with Crippen LogP contribution in [0.1, 0.15) is 51.4 Å². The lowest BCUT2D eigenvalue weighted by atomic mass is 9.99. The topological polar surface area (TPSA) is 55.1 Å². The predicted octanol–water partition coefficient (Wildman–Crippen LogP) is 2.23. The van der Waals surface area contributed by atoms with Gasteiger partial charge in [-0.25, -0.2) is 0 Å². The van der Waals surface area contributed by atoms with Gasteiger partial charge in [0.05, 0.1) is 0 Å². The van der Waals surface area contributed by atoms with E-state index in [1.165, 1.54) is 38.5 Å². The zero-order valence-corrected chi connectivity index (χ0v) is 11.3. The number of hydrogen-bond donors (Lipinski definition) is 2. The quantitative estimate of drug-likeness (QED) is 0.762. The van der Waals surface area contributed by atoms with E-state index in [0.717, 1.165) is 12.8 Å². The van der Waals surface area contributed by atoms with Crippen LogP contribution in [-0.2, 0) is 4.79 Å². The molecule has 1 atom stereocenters. The summed E-state index contributed by atoms with van der Waals surface area (Å²) in [6.07, 6.45) is 9.67. The van der Waals surface area contributed by atoms with Crippen LogP contribution in [0.15, 0.2) is 0 Å². The van der Waals surface area contributed by atoms with Gasteiger partial charge in [-0.05, 0) is 31.6 Å². The fourth-order valence-corrected chi connectivity index (χ4v) is 2.60. The van der Waals surface area contributed by atoms with Crippen LogP contribution in [0, 0.1) is 11.8 Å². The SMILES string of the molecule is Cl.NC(CNC(=O)C1CCCCCC1)C1CC1. The maximum Gasteiger partial charge on any atom is 0.223 e. The maximum absolute atomic E-state index is 11.9. The molecule has 3 N–H and O–H groups in total. The van der Waals surface area contributed by atoms with Gasteiger partial charge in [-0.2, -0.15) is 0 Å². The van der Waals surface area contributed by atoms with Crippen molar-refractivity contribution < 1.29 is 4.79 Å². The van der Waals surface area contributed by atoms with E-state index in [2.05, 4.69) is 5.32 Å². The van der Waals surface area contributed by atoms with Crippen LogP contribution >= 0.6 is 12.4 Å². The average molecular weight is 261 g/mol. The molecule has 2 aliphatic rings. The highest BCUT2D eigenvalue weighted by Crippen LogP contribution is 2.31. The van der Waals surface area contributed by atoms with Gasteiger partial charge in [-0.15, -0.1) is 12.4 Å². The Morgan fingerprint density at radius 3 is 2.24 bits per heavy atom. The van der Waals surface area contributed by atoms with E-state index in [1.54, 1.807) is 0 Å². The monoisotopic (exact) mass is 260 g/mol. The molecule has 17 heavy (non-hydrogen) atoms. The summed E-state index contributed by atoms with van der Waals surface area (Å²) in [6, 6.07) is 0.190. The number of hydrogen-bond acceptors (Lipinski definition) is 2. The van der Waals surface area contributed by atoms with E-state index in [0.29, 0.717) is 12.5 Å². The Morgan fingerprint density at radius 1 is 1.12 bits per heavy atom. The molecule has 1 unspecified atom stereocenters. The van der Waals surface area contributed by atoms with Gasteiger partial charge >= 0.3 is 0 Å². The van der Waals surface area contributed by atoms with Crippen molar-refractivity contribution in [2.45, 2.75) is 57.4 Å². The number of halogens is 1. The zero-order chi connectivity index (χ0) is 11.4. The molecule has 3 nitrogen and oxygen atoms in total. The van der Waals surface area contributed by atoms with E-state index in [4.69, 9.17) is 5.73 Å². The fraction of sp³-hybridized carbons (Fsp3) is 0.923. The summed E-state index contributed by atoms with van der Waals surface area (Å²) in [4.78, 5) is 11.9. The molecule has 2 aliphatic carbocycles. The molecule has 2 saturated carbocycles. The molecule has 0 aromatic carbocycles. The highest BCUT2D eigenvalue weighted by molar-refractivity contribution is 5.85. The normalized spacial score (nSPS) is 23.4. The van der Waals surface area contributed by atoms with Crippen molar-refractivity contribution in [2.75, 3.05) is 6.54 Å². The summed E-state index contributed by atoms with van der Waals surface area (Å²) in [5, 5.41) is 3.04. The summed E-state index contributed by atoms with van der Waals surface area (Å²) in [6.45, 7) is 0.681. The van der Waals surface area contributed by atoms with Crippen LogP contribution in [0.25, 0.3) is 0 Å². The minimum Gasteiger partial charge on any atom is -0.354 e. The molecule has 4 heteroatoms. The molecule has 0 saturated heterocycles. The third-order valence-electron chi connectivity index (χ3n) is 3.97. The minimum atomic E-state index is 0. The largest absolute Gasteiger partial charge is 0.354 e. The number of carbonyl (C=O) groups excluding carboxylic acids is 1. The number of amides is 1. The second kappa shape index (κ2) is 7.22. The summed E-state index contributed by atoms with van der Waals surface area (Å²) in [7, 11) is 0. The number of carbonyl (C=O) groups is 1. The zero-order valence-electron chi connectivity index (χ0n) is 10.5. The number of nitrogens with two attached hydrogens (primary N) is 1. The first-order chi connectivity index (χ1) is 7.77.